The normalized spacial score (nSPS) is 14.3. The van der Waals surface area contributed by atoms with Gasteiger partial charge in [0.2, 0.25) is 11.8 Å². The van der Waals surface area contributed by atoms with Crippen molar-refractivity contribution in [2.24, 2.45) is 0 Å². The van der Waals surface area contributed by atoms with Crippen LogP contribution in [0.3, 0.4) is 0 Å². The molecule has 0 radical (unpaired) electrons. The van der Waals surface area contributed by atoms with E-state index in [2.05, 4.69) is 5.32 Å². The van der Waals surface area contributed by atoms with Gasteiger partial charge in [-0.05, 0) is 49.4 Å². The first-order chi connectivity index (χ1) is 17.0. The number of anilines is 1. The quantitative estimate of drug-likeness (QED) is 0.463. The number of benzene rings is 2. The predicted octanol–water partition coefficient (Wildman–Crippen LogP) is 4.30. The van der Waals surface area contributed by atoms with Crippen molar-refractivity contribution in [3.8, 4) is 17.2 Å². The highest BCUT2D eigenvalue weighted by molar-refractivity contribution is 5.98. The number of carbonyl (C=O) groups is 2. The van der Waals surface area contributed by atoms with Gasteiger partial charge >= 0.3 is 0 Å². The Morgan fingerprint density at radius 3 is 2.66 bits per heavy atom. The first-order valence-electron chi connectivity index (χ1n) is 11.3. The molecular weight excluding hydrogens is 448 g/mol. The predicted molar refractivity (Wildman–Crippen MR) is 132 cm³/mol. The van der Waals surface area contributed by atoms with E-state index in [1.807, 2.05) is 25.1 Å². The second-order valence-corrected chi connectivity index (χ2v) is 8.19. The maximum Gasteiger partial charge on any atom is 0.247 e. The van der Waals surface area contributed by atoms with Crippen LogP contribution in [0, 0.1) is 0 Å². The van der Waals surface area contributed by atoms with Crippen LogP contribution in [-0.2, 0) is 22.6 Å². The van der Waals surface area contributed by atoms with Crippen LogP contribution in [0.25, 0.3) is 6.08 Å². The maximum atomic E-state index is 13.2. The molecule has 1 unspecified atom stereocenters. The largest absolute Gasteiger partial charge is 0.496 e. The number of para-hydroxylation sites is 2. The van der Waals surface area contributed by atoms with Gasteiger partial charge in [-0.3, -0.25) is 9.59 Å². The van der Waals surface area contributed by atoms with Crippen LogP contribution in [0.2, 0.25) is 0 Å². The number of ether oxygens (including phenoxy) is 3. The summed E-state index contributed by atoms with van der Waals surface area (Å²) in [6, 6.07) is 14.4. The van der Waals surface area contributed by atoms with Gasteiger partial charge in [-0.2, -0.15) is 0 Å². The molecule has 0 aliphatic carbocycles. The van der Waals surface area contributed by atoms with E-state index < -0.39 is 0 Å². The Morgan fingerprint density at radius 1 is 1.11 bits per heavy atom. The third kappa shape index (κ3) is 5.84. The third-order valence-electron chi connectivity index (χ3n) is 5.61. The molecule has 0 fully saturated rings. The van der Waals surface area contributed by atoms with Crippen LogP contribution in [0.15, 0.2) is 65.3 Å². The van der Waals surface area contributed by atoms with Crippen LogP contribution in [0.4, 0.5) is 5.69 Å². The van der Waals surface area contributed by atoms with Gasteiger partial charge in [0.1, 0.15) is 35.7 Å². The molecule has 0 saturated carbocycles. The molecule has 1 N–H and O–H groups in total. The molecule has 35 heavy (non-hydrogen) atoms. The number of carbonyl (C=O) groups excluding carboxylic acids is 2. The molecule has 2 heterocycles. The SMILES string of the molecule is COc1cc2c(cc1C=CC(=O)N(CC(=O)Nc1ccccc1OC)Cc1ccco1)OC(C)C2. The molecule has 2 amide bonds. The average Bonchev–Trinajstić information content (AvgIpc) is 3.49. The molecule has 8 heteroatoms. The molecule has 0 bridgehead atoms. The smallest absolute Gasteiger partial charge is 0.247 e. The first kappa shape index (κ1) is 23.9. The van der Waals surface area contributed by atoms with E-state index in [1.54, 1.807) is 43.5 Å². The van der Waals surface area contributed by atoms with Crippen molar-refractivity contribution in [2.75, 3.05) is 26.1 Å². The number of amides is 2. The molecule has 4 rings (SSSR count). The molecule has 2 aromatic carbocycles. The zero-order valence-corrected chi connectivity index (χ0v) is 19.9. The van der Waals surface area contributed by atoms with Gasteiger partial charge in [-0.1, -0.05) is 12.1 Å². The van der Waals surface area contributed by atoms with Gasteiger partial charge < -0.3 is 28.8 Å². The summed E-state index contributed by atoms with van der Waals surface area (Å²) < 4.78 is 22.0. The molecule has 182 valence electrons. The third-order valence-corrected chi connectivity index (χ3v) is 5.61. The highest BCUT2D eigenvalue weighted by Crippen LogP contribution is 2.35. The van der Waals surface area contributed by atoms with Crippen molar-refractivity contribution in [3.05, 3.63) is 77.8 Å². The fourth-order valence-electron chi connectivity index (χ4n) is 3.94. The second kappa shape index (κ2) is 10.8. The molecular formula is C27H28N2O6. The number of hydrogen-bond donors (Lipinski definition) is 1. The number of nitrogens with zero attached hydrogens (tertiary/aromatic N) is 1. The summed E-state index contributed by atoms with van der Waals surface area (Å²) in [4.78, 5) is 27.4. The van der Waals surface area contributed by atoms with Crippen LogP contribution in [-0.4, -0.2) is 43.6 Å². The zero-order chi connectivity index (χ0) is 24.8. The van der Waals surface area contributed by atoms with Crippen molar-refractivity contribution < 1.29 is 28.2 Å². The van der Waals surface area contributed by atoms with Crippen LogP contribution >= 0.6 is 0 Å². The Morgan fingerprint density at radius 2 is 1.91 bits per heavy atom. The molecule has 1 aliphatic heterocycles. The lowest BCUT2D eigenvalue weighted by Crippen LogP contribution is -2.36. The molecule has 3 aromatic rings. The topological polar surface area (TPSA) is 90.2 Å². The van der Waals surface area contributed by atoms with Crippen LogP contribution in [0.5, 0.6) is 17.2 Å². The van der Waals surface area contributed by atoms with Gasteiger partial charge in [-0.25, -0.2) is 0 Å². The lowest BCUT2D eigenvalue weighted by molar-refractivity contribution is -0.131. The van der Waals surface area contributed by atoms with Gasteiger partial charge in [0.25, 0.3) is 0 Å². The first-order valence-corrected chi connectivity index (χ1v) is 11.3. The van der Waals surface area contributed by atoms with Crippen LogP contribution < -0.4 is 19.5 Å². The number of furan rings is 1. The van der Waals surface area contributed by atoms with E-state index in [0.29, 0.717) is 28.5 Å². The second-order valence-electron chi connectivity index (χ2n) is 8.19. The van der Waals surface area contributed by atoms with E-state index in [-0.39, 0.29) is 31.0 Å². The molecule has 1 aromatic heterocycles. The van der Waals surface area contributed by atoms with Gasteiger partial charge in [0.15, 0.2) is 0 Å². The van der Waals surface area contributed by atoms with Crippen molar-refractivity contribution >= 4 is 23.6 Å². The van der Waals surface area contributed by atoms with Gasteiger partial charge in [0.05, 0.1) is 32.7 Å². The molecule has 8 nitrogen and oxygen atoms in total. The lowest BCUT2D eigenvalue weighted by Gasteiger charge is -2.20. The summed E-state index contributed by atoms with van der Waals surface area (Å²) in [5.41, 5.74) is 2.31. The molecule has 0 saturated heterocycles. The summed E-state index contributed by atoms with van der Waals surface area (Å²) in [5.74, 6) is 1.82. The molecule has 0 spiro atoms. The standard InChI is InChI=1S/C27H28N2O6/c1-18-13-20-15-24(33-3)19(14-25(20)35-18)10-11-27(31)29(16-21-7-6-12-34-21)17-26(30)28-22-8-4-5-9-23(22)32-2/h4-12,14-15,18H,13,16-17H2,1-3H3,(H,28,30). The van der Waals surface area contributed by atoms with Crippen molar-refractivity contribution in [1.82, 2.24) is 4.90 Å². The fraction of sp³-hybridized carbons (Fsp3) is 0.259. The van der Waals surface area contributed by atoms with E-state index in [9.17, 15) is 9.59 Å². The monoisotopic (exact) mass is 476 g/mol. The zero-order valence-electron chi connectivity index (χ0n) is 19.9. The number of hydrogen-bond acceptors (Lipinski definition) is 6. The summed E-state index contributed by atoms with van der Waals surface area (Å²) in [5, 5.41) is 2.80. The number of fused-ring (bicyclic) bond motifs is 1. The minimum absolute atomic E-state index is 0.0982. The van der Waals surface area contributed by atoms with E-state index >= 15 is 0 Å². The van der Waals surface area contributed by atoms with E-state index in [4.69, 9.17) is 18.6 Å². The van der Waals surface area contributed by atoms with Crippen molar-refractivity contribution in [1.29, 1.82) is 0 Å². The summed E-state index contributed by atoms with van der Waals surface area (Å²) in [7, 11) is 3.12. The minimum Gasteiger partial charge on any atom is -0.496 e. The van der Waals surface area contributed by atoms with E-state index in [1.165, 1.54) is 24.3 Å². The highest BCUT2D eigenvalue weighted by Gasteiger charge is 2.22. The minimum atomic E-state index is -0.361. The highest BCUT2D eigenvalue weighted by atomic mass is 16.5. The van der Waals surface area contributed by atoms with Gasteiger partial charge in [-0.15, -0.1) is 0 Å². The molecule has 1 aliphatic rings. The maximum absolute atomic E-state index is 13.2. The average molecular weight is 477 g/mol. The summed E-state index contributed by atoms with van der Waals surface area (Å²) in [6.07, 6.45) is 5.52. The fourth-order valence-corrected chi connectivity index (χ4v) is 3.94. The Hall–Kier alpha value is -4.20. The Bertz CT molecular complexity index is 1220. The van der Waals surface area contributed by atoms with Crippen molar-refractivity contribution in [2.45, 2.75) is 26.0 Å². The lowest BCUT2D eigenvalue weighted by atomic mass is 10.1. The Balaban J connectivity index is 1.52. The molecule has 1 atom stereocenters. The summed E-state index contributed by atoms with van der Waals surface area (Å²) >= 11 is 0. The van der Waals surface area contributed by atoms with E-state index in [0.717, 1.165) is 17.7 Å². The van der Waals surface area contributed by atoms with Crippen LogP contribution in [0.1, 0.15) is 23.8 Å². The Kier molecular flexibility index (Phi) is 7.40. The number of rotatable bonds is 9. The number of nitrogens with one attached hydrogen (secondary N) is 1. The van der Waals surface area contributed by atoms with Gasteiger partial charge in [0, 0.05) is 23.6 Å². The Labute approximate surface area is 204 Å². The van der Waals surface area contributed by atoms with Crippen molar-refractivity contribution in [3.63, 3.8) is 0 Å². The summed E-state index contributed by atoms with van der Waals surface area (Å²) in [6.45, 7) is 1.97. The number of methoxy groups -OCH3 is 2.